The van der Waals surface area contributed by atoms with E-state index in [4.69, 9.17) is 14.5 Å². The number of ether oxygens (including phenoxy) is 2. The number of piperidine rings is 1. The fourth-order valence-electron chi connectivity index (χ4n) is 4.23. The van der Waals surface area contributed by atoms with E-state index in [9.17, 15) is 4.79 Å². The molecule has 1 fully saturated rings. The van der Waals surface area contributed by atoms with E-state index in [1.54, 1.807) is 14.2 Å². The van der Waals surface area contributed by atoms with Gasteiger partial charge in [0.1, 0.15) is 5.82 Å². The molecule has 0 spiro atoms. The molecule has 7 heteroatoms. The summed E-state index contributed by atoms with van der Waals surface area (Å²) in [5.41, 5.74) is 4.91. The van der Waals surface area contributed by atoms with Crippen molar-refractivity contribution in [3.8, 4) is 0 Å². The Morgan fingerprint density at radius 3 is 2.76 bits per heavy atom. The predicted octanol–water partition coefficient (Wildman–Crippen LogP) is 3.02. The van der Waals surface area contributed by atoms with Crippen LogP contribution in [0.25, 0.3) is 0 Å². The molecule has 0 aliphatic carbocycles. The number of hydrogen-bond acceptors (Lipinski definition) is 5. The summed E-state index contributed by atoms with van der Waals surface area (Å²) in [6, 6.07) is 2.00. The maximum Gasteiger partial charge on any atom is 0.255 e. The Balaban J connectivity index is 1.81. The molecule has 3 rings (SSSR count). The SMILES string of the molecule is COCCn1c(C)cc(C(=O)N2CCCC(c3nc(C)ncc3COC)C2)c1C. The summed E-state index contributed by atoms with van der Waals surface area (Å²) < 4.78 is 12.7. The third kappa shape index (κ3) is 4.67. The molecule has 29 heavy (non-hydrogen) atoms. The third-order valence-corrected chi connectivity index (χ3v) is 5.74. The lowest BCUT2D eigenvalue weighted by Gasteiger charge is -2.33. The number of amides is 1. The minimum atomic E-state index is 0.102. The van der Waals surface area contributed by atoms with Crippen molar-refractivity contribution in [2.75, 3.05) is 33.9 Å². The monoisotopic (exact) mass is 400 g/mol. The van der Waals surface area contributed by atoms with E-state index < -0.39 is 0 Å². The molecular formula is C22H32N4O3. The normalized spacial score (nSPS) is 17.0. The summed E-state index contributed by atoms with van der Waals surface area (Å²) in [5.74, 6) is 1.06. The minimum absolute atomic E-state index is 0.102. The Kier molecular flexibility index (Phi) is 7.03. The zero-order valence-electron chi connectivity index (χ0n) is 18.2. The van der Waals surface area contributed by atoms with E-state index in [1.807, 2.05) is 37.9 Å². The number of nitrogens with zero attached hydrogens (tertiary/aromatic N) is 4. The average molecular weight is 401 g/mol. The van der Waals surface area contributed by atoms with Crippen LogP contribution in [-0.2, 0) is 22.6 Å². The summed E-state index contributed by atoms with van der Waals surface area (Å²) in [7, 11) is 3.38. The van der Waals surface area contributed by atoms with Gasteiger partial charge < -0.3 is 18.9 Å². The Morgan fingerprint density at radius 1 is 1.24 bits per heavy atom. The van der Waals surface area contributed by atoms with E-state index in [0.29, 0.717) is 19.8 Å². The number of aromatic nitrogens is 3. The first-order valence-corrected chi connectivity index (χ1v) is 10.2. The number of rotatable bonds is 7. The van der Waals surface area contributed by atoms with Crippen molar-refractivity contribution in [3.63, 3.8) is 0 Å². The van der Waals surface area contributed by atoms with E-state index >= 15 is 0 Å². The second kappa shape index (κ2) is 9.50. The molecule has 1 aliphatic heterocycles. The van der Waals surface area contributed by atoms with Crippen molar-refractivity contribution in [3.05, 3.63) is 46.3 Å². The number of methoxy groups -OCH3 is 2. The van der Waals surface area contributed by atoms with Gasteiger partial charge in [0.15, 0.2) is 0 Å². The minimum Gasteiger partial charge on any atom is -0.383 e. The van der Waals surface area contributed by atoms with Gasteiger partial charge in [-0.3, -0.25) is 4.79 Å². The van der Waals surface area contributed by atoms with Gasteiger partial charge in [-0.25, -0.2) is 9.97 Å². The van der Waals surface area contributed by atoms with Crippen LogP contribution in [0.5, 0.6) is 0 Å². The van der Waals surface area contributed by atoms with Crippen molar-refractivity contribution in [1.82, 2.24) is 19.4 Å². The summed E-state index contributed by atoms with van der Waals surface area (Å²) in [6.07, 6.45) is 3.84. The molecule has 1 saturated heterocycles. The van der Waals surface area contributed by atoms with Gasteiger partial charge in [-0.1, -0.05) is 0 Å². The molecule has 1 unspecified atom stereocenters. The maximum absolute atomic E-state index is 13.3. The van der Waals surface area contributed by atoms with Crippen LogP contribution in [0.4, 0.5) is 0 Å². The molecule has 1 amide bonds. The van der Waals surface area contributed by atoms with E-state index in [2.05, 4.69) is 9.55 Å². The molecule has 7 nitrogen and oxygen atoms in total. The summed E-state index contributed by atoms with van der Waals surface area (Å²) in [5, 5.41) is 0. The van der Waals surface area contributed by atoms with Gasteiger partial charge in [0, 0.05) is 62.9 Å². The van der Waals surface area contributed by atoms with E-state index in [1.165, 1.54) is 0 Å². The molecule has 3 heterocycles. The zero-order chi connectivity index (χ0) is 21.0. The summed E-state index contributed by atoms with van der Waals surface area (Å²) in [4.78, 5) is 24.3. The molecule has 1 aliphatic rings. The average Bonchev–Trinajstić information content (AvgIpc) is 3.01. The molecule has 0 radical (unpaired) electrons. The molecule has 0 saturated carbocycles. The molecule has 1 atom stereocenters. The number of carbonyl (C=O) groups excluding carboxylic acids is 1. The maximum atomic E-state index is 13.3. The van der Waals surface area contributed by atoms with Crippen molar-refractivity contribution in [2.45, 2.75) is 52.7 Å². The second-order valence-electron chi connectivity index (χ2n) is 7.78. The molecule has 2 aromatic rings. The third-order valence-electron chi connectivity index (χ3n) is 5.74. The molecule has 158 valence electrons. The lowest BCUT2D eigenvalue weighted by atomic mass is 9.91. The van der Waals surface area contributed by atoms with Gasteiger partial charge in [0.25, 0.3) is 5.91 Å². The Labute approximate surface area is 173 Å². The highest BCUT2D eigenvalue weighted by molar-refractivity contribution is 5.95. The van der Waals surface area contributed by atoms with Gasteiger partial charge in [0.05, 0.1) is 24.5 Å². The number of likely N-dealkylation sites (tertiary alicyclic amines) is 1. The highest BCUT2D eigenvalue weighted by atomic mass is 16.5. The molecule has 0 aromatic carbocycles. The van der Waals surface area contributed by atoms with Crippen LogP contribution < -0.4 is 0 Å². The van der Waals surface area contributed by atoms with Crippen LogP contribution in [0.3, 0.4) is 0 Å². The van der Waals surface area contributed by atoms with Crippen LogP contribution in [0.1, 0.15) is 57.6 Å². The highest BCUT2D eigenvalue weighted by Crippen LogP contribution is 2.30. The van der Waals surface area contributed by atoms with Crippen molar-refractivity contribution in [1.29, 1.82) is 0 Å². The van der Waals surface area contributed by atoms with Crippen LogP contribution in [0.15, 0.2) is 12.3 Å². The fraction of sp³-hybridized carbons (Fsp3) is 0.591. The van der Waals surface area contributed by atoms with Crippen LogP contribution in [-0.4, -0.2) is 59.3 Å². The Morgan fingerprint density at radius 2 is 2.03 bits per heavy atom. The lowest BCUT2D eigenvalue weighted by molar-refractivity contribution is 0.0703. The molecule has 0 bridgehead atoms. The fourth-order valence-corrected chi connectivity index (χ4v) is 4.23. The smallest absolute Gasteiger partial charge is 0.255 e. The van der Waals surface area contributed by atoms with Crippen LogP contribution >= 0.6 is 0 Å². The quantitative estimate of drug-likeness (QED) is 0.715. The van der Waals surface area contributed by atoms with Crippen molar-refractivity contribution >= 4 is 5.91 Å². The lowest BCUT2D eigenvalue weighted by Crippen LogP contribution is -2.39. The van der Waals surface area contributed by atoms with Gasteiger partial charge in [-0.05, 0) is 39.7 Å². The second-order valence-corrected chi connectivity index (χ2v) is 7.78. The zero-order valence-corrected chi connectivity index (χ0v) is 18.2. The first-order chi connectivity index (χ1) is 14.0. The molecule has 0 N–H and O–H groups in total. The standard InChI is InChI=1S/C22H32N4O3/c1-15-11-20(16(2)26(15)9-10-28-4)22(27)25-8-6-7-18(13-25)21-19(14-29-5)12-23-17(3)24-21/h11-12,18H,6-10,13-14H2,1-5H3. The summed E-state index contributed by atoms with van der Waals surface area (Å²) >= 11 is 0. The first-order valence-electron chi connectivity index (χ1n) is 10.2. The highest BCUT2D eigenvalue weighted by Gasteiger charge is 2.29. The number of aryl methyl sites for hydroxylation is 2. The topological polar surface area (TPSA) is 69.5 Å². The predicted molar refractivity (Wildman–Crippen MR) is 111 cm³/mol. The van der Waals surface area contributed by atoms with Gasteiger partial charge in [-0.15, -0.1) is 0 Å². The van der Waals surface area contributed by atoms with Gasteiger partial charge in [-0.2, -0.15) is 0 Å². The molecule has 2 aromatic heterocycles. The number of hydrogen-bond donors (Lipinski definition) is 0. The van der Waals surface area contributed by atoms with Crippen molar-refractivity contribution < 1.29 is 14.3 Å². The number of carbonyl (C=O) groups is 1. The largest absolute Gasteiger partial charge is 0.383 e. The van der Waals surface area contributed by atoms with E-state index in [-0.39, 0.29) is 11.8 Å². The Hall–Kier alpha value is -2.25. The van der Waals surface area contributed by atoms with Crippen LogP contribution in [0, 0.1) is 20.8 Å². The van der Waals surface area contributed by atoms with Crippen molar-refractivity contribution in [2.24, 2.45) is 0 Å². The van der Waals surface area contributed by atoms with E-state index in [0.717, 1.165) is 60.0 Å². The van der Waals surface area contributed by atoms with Gasteiger partial charge >= 0.3 is 0 Å². The Bertz CT molecular complexity index is 862. The van der Waals surface area contributed by atoms with Crippen LogP contribution in [0.2, 0.25) is 0 Å². The van der Waals surface area contributed by atoms with Gasteiger partial charge in [0.2, 0.25) is 0 Å². The first kappa shape index (κ1) is 21.5. The molecular weight excluding hydrogens is 368 g/mol. The summed E-state index contributed by atoms with van der Waals surface area (Å²) in [6.45, 7) is 9.28.